The zero-order valence-corrected chi connectivity index (χ0v) is 12.5. The van der Waals surface area contributed by atoms with Gasteiger partial charge in [-0.1, -0.05) is 8.64 Å². The minimum atomic E-state index is 0. The molecule has 0 bridgehead atoms. The largest absolute Gasteiger partial charge is 2.00 e. The summed E-state index contributed by atoms with van der Waals surface area (Å²) in [5.74, 6) is 0. The van der Waals surface area contributed by atoms with Crippen LogP contribution in [0, 0.1) is 0 Å². The second-order valence-corrected chi connectivity index (χ2v) is 4.38. The van der Waals surface area contributed by atoms with Gasteiger partial charge in [0.25, 0.3) is 0 Å². The van der Waals surface area contributed by atoms with Crippen LogP contribution in [0.1, 0.15) is 0 Å². The molecule has 0 aliphatic heterocycles. The molecule has 0 heterocycles. The van der Waals surface area contributed by atoms with E-state index in [1.807, 2.05) is 28.2 Å². The predicted octanol–water partition coefficient (Wildman–Crippen LogP) is 0.757. The predicted molar refractivity (Wildman–Crippen MR) is 67.3 cm³/mol. The number of hydrogen-bond donors (Lipinski definition) is 0. The summed E-state index contributed by atoms with van der Waals surface area (Å²) in [6.07, 6.45) is 0. The van der Waals surface area contributed by atoms with Gasteiger partial charge in [0.2, 0.25) is 0 Å². The van der Waals surface area contributed by atoms with Gasteiger partial charge in [0.05, 0.1) is 0 Å². The summed E-state index contributed by atoms with van der Waals surface area (Å²) in [5.41, 5.74) is 0. The first-order valence-corrected chi connectivity index (χ1v) is 4.69. The minimum absolute atomic E-state index is 0. The van der Waals surface area contributed by atoms with Crippen molar-refractivity contribution in [2.45, 2.75) is 0 Å². The van der Waals surface area contributed by atoms with Crippen LogP contribution in [-0.4, -0.2) is 46.6 Å². The summed E-state index contributed by atoms with van der Waals surface area (Å²) < 4.78 is 1.02. The van der Waals surface area contributed by atoms with Crippen LogP contribution in [0.3, 0.4) is 0 Å². The molecular weight excluding hydrogens is 280 g/mol. The average Bonchev–Trinajstić information content (AvgIpc) is 1.88. The smallest absolute Gasteiger partial charge is 0.411 e. The van der Waals surface area contributed by atoms with Gasteiger partial charge in [-0.3, -0.25) is 0 Å². The van der Waals surface area contributed by atoms with E-state index in [1.165, 1.54) is 0 Å². The first-order valence-electron chi connectivity index (χ1n) is 3.05. The van der Waals surface area contributed by atoms with E-state index < -0.39 is 0 Å². The first-order chi connectivity index (χ1) is 5.29. The molecule has 0 atom stereocenters. The van der Waals surface area contributed by atoms with Crippen LogP contribution in [0.15, 0.2) is 0 Å². The van der Waals surface area contributed by atoms with Crippen molar-refractivity contribution in [1.29, 1.82) is 0 Å². The van der Waals surface area contributed by atoms with Gasteiger partial charge < -0.3 is 59.5 Å². The molecule has 2 nitrogen and oxygen atoms in total. The van der Waals surface area contributed by atoms with Gasteiger partial charge in [-0.05, 0) is 0 Å². The Morgan fingerprint density at radius 3 is 0.923 bits per heavy atom. The second kappa shape index (κ2) is 10.8. The molecular formula is C6H12CrN2S4. The third-order valence-electron chi connectivity index (χ3n) is 0.730. The van der Waals surface area contributed by atoms with Crippen LogP contribution in [0.25, 0.3) is 0 Å². The topological polar surface area (TPSA) is 6.48 Å². The molecule has 7 heteroatoms. The normalized spacial score (nSPS) is 7.08. The maximum atomic E-state index is 4.56. The van der Waals surface area contributed by atoms with Gasteiger partial charge in [0, 0.05) is 28.2 Å². The van der Waals surface area contributed by atoms with Gasteiger partial charge in [-0.25, -0.2) is 0 Å². The molecule has 0 radical (unpaired) electrons. The summed E-state index contributed by atoms with van der Waals surface area (Å²) in [5, 5.41) is 0. The van der Waals surface area contributed by atoms with Crippen molar-refractivity contribution in [2.24, 2.45) is 0 Å². The second-order valence-electron chi connectivity index (χ2n) is 2.32. The molecule has 0 saturated heterocycles. The fraction of sp³-hybridized carbons (Fsp3) is 0.667. The molecule has 0 aliphatic rings. The van der Waals surface area contributed by atoms with E-state index in [4.69, 9.17) is 0 Å². The fourth-order valence-corrected chi connectivity index (χ4v) is 0. The molecule has 0 N–H and O–H groups in total. The van der Waals surface area contributed by atoms with E-state index >= 15 is 0 Å². The number of nitrogens with zero attached hydrogens (tertiary/aromatic N) is 2. The van der Waals surface area contributed by atoms with E-state index in [1.54, 1.807) is 9.80 Å². The van der Waals surface area contributed by atoms with Crippen molar-refractivity contribution in [3.63, 3.8) is 0 Å². The van der Waals surface area contributed by atoms with Crippen LogP contribution in [-0.2, 0) is 42.6 Å². The van der Waals surface area contributed by atoms with Crippen molar-refractivity contribution in [2.75, 3.05) is 28.2 Å². The monoisotopic (exact) mass is 292 g/mol. The summed E-state index contributed by atoms with van der Waals surface area (Å²) in [6.45, 7) is 0. The maximum Gasteiger partial charge on any atom is 2.00 e. The third kappa shape index (κ3) is 19.2. The summed E-state index contributed by atoms with van der Waals surface area (Å²) in [7, 11) is 7.31. The van der Waals surface area contributed by atoms with Gasteiger partial charge >= 0.3 is 17.4 Å². The molecule has 0 rings (SSSR count). The standard InChI is InChI=1S/2C3H7NS2.Cr/c2*1-4(2)3(5)6;/h2*1-2H3,(H,5,6);/q;;+2/p-2. The Morgan fingerprint density at radius 2 is 0.923 bits per heavy atom. The Kier molecular flexibility index (Phi) is 16.1. The summed E-state index contributed by atoms with van der Waals surface area (Å²) >= 11 is 18.2. The molecule has 13 heavy (non-hydrogen) atoms. The van der Waals surface area contributed by atoms with Crippen LogP contribution in [0.2, 0.25) is 0 Å². The molecule has 0 aromatic rings. The van der Waals surface area contributed by atoms with Crippen LogP contribution < -0.4 is 0 Å². The fourth-order valence-electron chi connectivity index (χ4n) is 0. The van der Waals surface area contributed by atoms with Crippen LogP contribution >= 0.6 is 24.4 Å². The molecule has 0 aromatic carbocycles. The van der Waals surface area contributed by atoms with Crippen molar-refractivity contribution < 1.29 is 17.4 Å². The molecule has 0 aliphatic carbocycles. The molecule has 0 aromatic heterocycles. The SMILES string of the molecule is CN(C)C(=S)[S-].CN(C)C(=S)[S-].[Cr+2]. The maximum absolute atomic E-state index is 4.56. The molecule has 0 unspecified atom stereocenters. The van der Waals surface area contributed by atoms with Crippen LogP contribution in [0.4, 0.5) is 0 Å². The van der Waals surface area contributed by atoms with Crippen molar-refractivity contribution in [3.05, 3.63) is 0 Å². The molecule has 0 saturated carbocycles. The van der Waals surface area contributed by atoms with Crippen molar-refractivity contribution in [1.82, 2.24) is 9.80 Å². The molecule has 0 amide bonds. The van der Waals surface area contributed by atoms with Gasteiger partial charge in [-0.15, -0.1) is 0 Å². The van der Waals surface area contributed by atoms with E-state index in [-0.39, 0.29) is 17.4 Å². The quantitative estimate of drug-likeness (QED) is 0.477. The Balaban J connectivity index is -0.000000143. The van der Waals surface area contributed by atoms with E-state index in [0.717, 1.165) is 0 Å². The van der Waals surface area contributed by atoms with E-state index in [9.17, 15) is 0 Å². The third-order valence-corrected chi connectivity index (χ3v) is 2.19. The number of rotatable bonds is 0. The zero-order valence-electron chi connectivity index (χ0n) is 7.94. The summed E-state index contributed by atoms with van der Waals surface area (Å²) in [4.78, 5) is 3.43. The van der Waals surface area contributed by atoms with Gasteiger partial charge in [0.1, 0.15) is 0 Å². The first kappa shape index (κ1) is 19.3. The number of hydrogen-bond acceptors (Lipinski definition) is 4. The van der Waals surface area contributed by atoms with Gasteiger partial charge in [-0.2, -0.15) is 0 Å². The number of thiocarbonyl (C=S) groups is 2. The van der Waals surface area contributed by atoms with Gasteiger partial charge in [0.15, 0.2) is 0 Å². The molecule has 76 valence electrons. The molecule has 0 fully saturated rings. The Hall–Kier alpha value is 0.752. The van der Waals surface area contributed by atoms with E-state index in [2.05, 4.69) is 49.7 Å². The Morgan fingerprint density at radius 1 is 0.846 bits per heavy atom. The average molecular weight is 292 g/mol. The van der Waals surface area contributed by atoms with Crippen LogP contribution in [0.5, 0.6) is 0 Å². The van der Waals surface area contributed by atoms with Crippen molar-refractivity contribution >= 4 is 58.3 Å². The molecule has 0 spiro atoms. The van der Waals surface area contributed by atoms with E-state index in [0.29, 0.717) is 8.64 Å². The Bertz CT molecular complexity index is 143. The zero-order chi connectivity index (χ0) is 10.3. The summed E-state index contributed by atoms with van der Waals surface area (Å²) in [6, 6.07) is 0. The Labute approximate surface area is 113 Å². The van der Waals surface area contributed by atoms with Crippen molar-refractivity contribution in [3.8, 4) is 0 Å². The minimum Gasteiger partial charge on any atom is -0.411 e.